The van der Waals surface area contributed by atoms with Crippen LogP contribution in [0.1, 0.15) is 21.9 Å². The van der Waals surface area contributed by atoms with Crippen LogP contribution < -0.4 is 0 Å². The first-order chi connectivity index (χ1) is 9.49. The first-order valence-corrected chi connectivity index (χ1v) is 6.60. The first kappa shape index (κ1) is 14.6. The molecule has 0 aliphatic rings. The number of thiophene rings is 1. The van der Waals surface area contributed by atoms with Gasteiger partial charge in [-0.05, 0) is 18.2 Å². The number of alkyl halides is 3. The highest BCUT2D eigenvalue weighted by Gasteiger charge is 2.33. The Morgan fingerprint density at radius 2 is 2.10 bits per heavy atom. The average Bonchev–Trinajstić information content (AvgIpc) is 2.99. The van der Waals surface area contributed by atoms with E-state index in [4.69, 9.17) is 5.11 Å². The van der Waals surface area contributed by atoms with Crippen molar-refractivity contribution in [1.29, 1.82) is 0 Å². The molecule has 7 heteroatoms. The molecule has 0 aliphatic heterocycles. The van der Waals surface area contributed by atoms with Crippen LogP contribution in [0.4, 0.5) is 13.2 Å². The topological polar surface area (TPSA) is 38.0 Å². The van der Waals surface area contributed by atoms with Gasteiger partial charge < -0.3 is 5.11 Å². The molecule has 0 fully saturated rings. The molecule has 0 spiro atoms. The van der Waals surface area contributed by atoms with E-state index in [1.165, 1.54) is 22.2 Å². The van der Waals surface area contributed by atoms with Crippen LogP contribution in [0, 0.1) is 11.8 Å². The number of nitrogens with zero attached hydrogens (tertiary/aromatic N) is 2. The molecule has 2 aromatic heterocycles. The fraction of sp³-hybridized carbons (Fsp3) is 0.308. The van der Waals surface area contributed by atoms with Crippen LogP contribution in [-0.2, 0) is 12.7 Å². The van der Waals surface area contributed by atoms with Gasteiger partial charge in [0.25, 0.3) is 0 Å². The Kier molecular flexibility index (Phi) is 4.47. The fourth-order valence-corrected chi connectivity index (χ4v) is 2.37. The molecule has 0 aromatic carbocycles. The molecule has 1 N–H and O–H groups in total. The van der Waals surface area contributed by atoms with Crippen molar-refractivity contribution in [2.45, 2.75) is 19.1 Å². The van der Waals surface area contributed by atoms with E-state index in [2.05, 4.69) is 16.9 Å². The molecule has 3 nitrogen and oxygen atoms in total. The number of aliphatic hydroxyl groups excluding tert-OH is 1. The predicted molar refractivity (Wildman–Crippen MR) is 69.2 cm³/mol. The summed E-state index contributed by atoms with van der Waals surface area (Å²) < 4.78 is 38.5. The molecule has 0 amide bonds. The predicted octanol–water partition coefficient (Wildman–Crippen LogP) is 2.75. The lowest BCUT2D eigenvalue weighted by molar-refractivity contribution is -0.141. The third kappa shape index (κ3) is 3.85. The highest BCUT2D eigenvalue weighted by Crippen LogP contribution is 2.27. The summed E-state index contributed by atoms with van der Waals surface area (Å²) in [5.74, 6) is 5.67. The van der Waals surface area contributed by atoms with Gasteiger partial charge in [0.15, 0.2) is 5.69 Å². The second kappa shape index (κ2) is 6.11. The lowest BCUT2D eigenvalue weighted by Crippen LogP contribution is -2.08. The molecule has 2 aromatic rings. The van der Waals surface area contributed by atoms with Gasteiger partial charge in [0.1, 0.15) is 0 Å². The zero-order chi connectivity index (χ0) is 14.6. The van der Waals surface area contributed by atoms with Gasteiger partial charge in [-0.15, -0.1) is 11.3 Å². The summed E-state index contributed by atoms with van der Waals surface area (Å²) in [6.07, 6.45) is -2.71. The zero-order valence-electron chi connectivity index (χ0n) is 10.3. The van der Waals surface area contributed by atoms with E-state index in [1.54, 1.807) is 6.07 Å². The van der Waals surface area contributed by atoms with Crippen LogP contribution >= 0.6 is 11.3 Å². The number of aromatic nitrogens is 2. The molecule has 106 valence electrons. The van der Waals surface area contributed by atoms with Gasteiger partial charge in [-0.25, -0.2) is 0 Å². The van der Waals surface area contributed by atoms with Crippen LogP contribution in [0.25, 0.3) is 0 Å². The van der Waals surface area contributed by atoms with Crippen LogP contribution in [0.5, 0.6) is 0 Å². The van der Waals surface area contributed by atoms with Crippen LogP contribution in [0.15, 0.2) is 24.4 Å². The van der Waals surface area contributed by atoms with Crippen molar-refractivity contribution in [1.82, 2.24) is 9.78 Å². The van der Waals surface area contributed by atoms with Gasteiger partial charge in [0.2, 0.25) is 0 Å². The first-order valence-electron chi connectivity index (χ1n) is 5.78. The van der Waals surface area contributed by atoms with Gasteiger partial charge in [-0.3, -0.25) is 4.68 Å². The van der Waals surface area contributed by atoms with Crippen molar-refractivity contribution >= 4 is 11.3 Å². The molecule has 0 saturated carbocycles. The lowest BCUT2D eigenvalue weighted by Gasteiger charge is -2.01. The van der Waals surface area contributed by atoms with Gasteiger partial charge >= 0.3 is 6.18 Å². The summed E-state index contributed by atoms with van der Waals surface area (Å²) in [4.78, 5) is 1.69. The quantitative estimate of drug-likeness (QED) is 0.885. The lowest BCUT2D eigenvalue weighted by atomic mass is 10.4. The Labute approximate surface area is 117 Å². The molecule has 0 radical (unpaired) electrons. The summed E-state index contributed by atoms with van der Waals surface area (Å²) in [5, 5.41) is 12.1. The standard InChI is InChI=1S/C13H11F3N2OS/c14-13(15,16)12-6-7-18(17-12)9-11-5-4-10(20-11)3-1-2-8-19/h4-7,19H,2,8-9H2. The molecule has 2 heterocycles. The highest BCUT2D eigenvalue weighted by molar-refractivity contribution is 7.12. The molecule has 0 bridgehead atoms. The van der Waals surface area contributed by atoms with Crippen LogP contribution in [0.3, 0.4) is 0 Å². The Balaban J connectivity index is 2.04. The summed E-state index contributed by atoms with van der Waals surface area (Å²) >= 11 is 1.40. The minimum Gasteiger partial charge on any atom is -0.395 e. The summed E-state index contributed by atoms with van der Waals surface area (Å²) in [6.45, 7) is 0.293. The number of rotatable bonds is 3. The van der Waals surface area contributed by atoms with E-state index in [0.717, 1.165) is 15.8 Å². The minimum absolute atomic E-state index is 0.0126. The highest BCUT2D eigenvalue weighted by atomic mass is 32.1. The van der Waals surface area contributed by atoms with E-state index < -0.39 is 11.9 Å². The number of halogens is 3. The molecule has 20 heavy (non-hydrogen) atoms. The van der Waals surface area contributed by atoms with E-state index in [1.807, 2.05) is 6.07 Å². The van der Waals surface area contributed by atoms with E-state index >= 15 is 0 Å². The SMILES string of the molecule is OCCC#Cc1ccc(Cn2ccc(C(F)(F)F)n2)s1. The van der Waals surface area contributed by atoms with Crippen molar-refractivity contribution in [3.8, 4) is 11.8 Å². The van der Waals surface area contributed by atoms with Gasteiger partial charge in [0, 0.05) is 17.5 Å². The number of aliphatic hydroxyl groups is 1. The zero-order valence-corrected chi connectivity index (χ0v) is 11.1. The molecule has 0 aliphatic carbocycles. The Hall–Kier alpha value is -1.78. The summed E-state index contributed by atoms with van der Waals surface area (Å²) in [5.41, 5.74) is -0.892. The minimum atomic E-state index is -4.42. The van der Waals surface area contributed by atoms with Crippen molar-refractivity contribution in [3.63, 3.8) is 0 Å². The van der Waals surface area contributed by atoms with Crippen molar-refractivity contribution in [2.75, 3.05) is 6.61 Å². The van der Waals surface area contributed by atoms with Crippen LogP contribution in [-0.4, -0.2) is 21.5 Å². The Bertz CT molecular complexity index is 634. The maximum atomic E-state index is 12.4. The monoisotopic (exact) mass is 300 g/mol. The van der Waals surface area contributed by atoms with Crippen molar-refractivity contribution in [2.24, 2.45) is 0 Å². The number of hydrogen-bond donors (Lipinski definition) is 1. The molecular formula is C13H11F3N2OS. The average molecular weight is 300 g/mol. The summed E-state index contributed by atoms with van der Waals surface area (Å²) in [6, 6.07) is 4.57. The van der Waals surface area contributed by atoms with Gasteiger partial charge in [0.05, 0.1) is 18.0 Å². The van der Waals surface area contributed by atoms with Crippen molar-refractivity contribution < 1.29 is 18.3 Å². The van der Waals surface area contributed by atoms with E-state index in [-0.39, 0.29) is 13.2 Å². The maximum absolute atomic E-state index is 12.4. The van der Waals surface area contributed by atoms with Crippen molar-refractivity contribution in [3.05, 3.63) is 39.8 Å². The molecule has 0 unspecified atom stereocenters. The molecule has 2 rings (SSSR count). The molecular weight excluding hydrogens is 289 g/mol. The van der Waals surface area contributed by atoms with Gasteiger partial charge in [-0.2, -0.15) is 18.3 Å². The Morgan fingerprint density at radius 3 is 2.75 bits per heavy atom. The van der Waals surface area contributed by atoms with E-state index in [9.17, 15) is 13.2 Å². The molecule has 0 saturated heterocycles. The smallest absolute Gasteiger partial charge is 0.395 e. The number of hydrogen-bond acceptors (Lipinski definition) is 3. The van der Waals surface area contributed by atoms with Gasteiger partial charge in [-0.1, -0.05) is 11.8 Å². The third-order valence-corrected chi connectivity index (χ3v) is 3.34. The second-order valence-electron chi connectivity index (χ2n) is 3.94. The third-order valence-electron chi connectivity index (χ3n) is 2.36. The normalized spacial score (nSPS) is 11.2. The molecule has 0 atom stereocenters. The largest absolute Gasteiger partial charge is 0.435 e. The fourth-order valence-electron chi connectivity index (χ4n) is 1.50. The van der Waals surface area contributed by atoms with E-state index in [0.29, 0.717) is 6.42 Å². The Morgan fingerprint density at radius 1 is 1.30 bits per heavy atom. The van der Waals surface area contributed by atoms with Crippen LogP contribution in [0.2, 0.25) is 0 Å². The summed E-state index contributed by atoms with van der Waals surface area (Å²) in [7, 11) is 0. The maximum Gasteiger partial charge on any atom is 0.435 e. The second-order valence-corrected chi connectivity index (χ2v) is 5.11.